The zero-order valence-electron chi connectivity index (χ0n) is 15.3. The molecule has 1 aliphatic rings. The highest BCUT2D eigenvalue weighted by Crippen LogP contribution is 2.41. The third-order valence-corrected chi connectivity index (χ3v) is 5.41. The lowest BCUT2D eigenvalue weighted by Gasteiger charge is -2.12. The summed E-state index contributed by atoms with van der Waals surface area (Å²) in [6, 6.07) is 9.43. The molecule has 150 valence electrons. The van der Waals surface area contributed by atoms with Crippen LogP contribution in [0.2, 0.25) is 10.0 Å². The first kappa shape index (κ1) is 20.3. The molecule has 1 N–H and O–H groups in total. The summed E-state index contributed by atoms with van der Waals surface area (Å²) in [5, 5.41) is 11.9. The van der Waals surface area contributed by atoms with Gasteiger partial charge in [-0.25, -0.2) is 8.78 Å². The number of hydrogen-bond donors (Lipinski definition) is 1. The minimum absolute atomic E-state index is 0.00708. The van der Waals surface area contributed by atoms with Crippen LogP contribution in [-0.4, -0.2) is 10.9 Å². The molecule has 4 nitrogen and oxygen atoms in total. The average Bonchev–Trinajstić information content (AvgIpc) is 3.55. The summed E-state index contributed by atoms with van der Waals surface area (Å²) >= 11 is 12.2. The van der Waals surface area contributed by atoms with E-state index in [9.17, 15) is 18.8 Å². The maximum atomic E-state index is 14.7. The molecular formula is C22H13Cl2F2N3O. The molecule has 1 fully saturated rings. The number of anilines is 1. The van der Waals surface area contributed by atoms with Crippen molar-refractivity contribution < 1.29 is 13.6 Å². The van der Waals surface area contributed by atoms with E-state index in [1.165, 1.54) is 24.4 Å². The zero-order chi connectivity index (χ0) is 21.4. The summed E-state index contributed by atoms with van der Waals surface area (Å²) in [5.41, 5.74) is 1.63. The quantitative estimate of drug-likeness (QED) is 0.511. The zero-order valence-corrected chi connectivity index (χ0v) is 16.9. The average molecular weight is 444 g/mol. The molecule has 30 heavy (non-hydrogen) atoms. The Morgan fingerprint density at radius 1 is 1.10 bits per heavy atom. The Bertz CT molecular complexity index is 1220. The van der Waals surface area contributed by atoms with Gasteiger partial charge in [0, 0.05) is 17.0 Å². The summed E-state index contributed by atoms with van der Waals surface area (Å²) in [7, 11) is 0. The number of carbonyl (C=O) groups excluding carboxylic acids is 1. The Hall–Kier alpha value is -3.01. The SMILES string of the molecule is N#Cc1cc(NC(=O)c2cc(F)c(-c3ccc(F)cc3Cl)cc2Cl)cnc1C1CC1. The van der Waals surface area contributed by atoms with Gasteiger partial charge in [-0.15, -0.1) is 0 Å². The van der Waals surface area contributed by atoms with Gasteiger partial charge in [-0.1, -0.05) is 23.2 Å². The molecule has 2 aromatic carbocycles. The van der Waals surface area contributed by atoms with E-state index in [2.05, 4.69) is 16.4 Å². The molecule has 3 aromatic rings. The summed E-state index contributed by atoms with van der Waals surface area (Å²) in [6.45, 7) is 0. The Balaban J connectivity index is 1.62. The van der Waals surface area contributed by atoms with Gasteiger partial charge >= 0.3 is 0 Å². The minimum Gasteiger partial charge on any atom is -0.321 e. The highest BCUT2D eigenvalue weighted by Gasteiger charge is 2.28. The van der Waals surface area contributed by atoms with Crippen molar-refractivity contribution >= 4 is 34.8 Å². The van der Waals surface area contributed by atoms with Gasteiger partial charge in [0.1, 0.15) is 17.7 Å². The predicted molar refractivity (Wildman–Crippen MR) is 111 cm³/mol. The van der Waals surface area contributed by atoms with Crippen LogP contribution in [0.3, 0.4) is 0 Å². The first-order chi connectivity index (χ1) is 14.4. The number of halogens is 4. The number of nitriles is 1. The lowest BCUT2D eigenvalue weighted by Crippen LogP contribution is -2.14. The number of aromatic nitrogens is 1. The van der Waals surface area contributed by atoms with Crippen LogP contribution in [0.15, 0.2) is 42.6 Å². The molecular weight excluding hydrogens is 431 g/mol. The second-order valence-corrected chi connectivity index (χ2v) is 7.75. The Kier molecular flexibility index (Phi) is 5.42. The monoisotopic (exact) mass is 443 g/mol. The van der Waals surface area contributed by atoms with E-state index in [0.29, 0.717) is 17.2 Å². The van der Waals surface area contributed by atoms with Crippen molar-refractivity contribution in [2.24, 2.45) is 0 Å². The Labute approximate surface area is 181 Å². The summed E-state index contributed by atoms with van der Waals surface area (Å²) in [5.74, 6) is -1.65. The molecule has 1 heterocycles. The second kappa shape index (κ2) is 8.02. The largest absolute Gasteiger partial charge is 0.321 e. The van der Waals surface area contributed by atoms with E-state index >= 15 is 0 Å². The molecule has 1 amide bonds. The lowest BCUT2D eigenvalue weighted by atomic mass is 10.0. The number of rotatable bonds is 4. The lowest BCUT2D eigenvalue weighted by molar-refractivity contribution is 0.102. The minimum atomic E-state index is -0.738. The standard InChI is InChI=1S/C22H13Cl2F2N3O/c23-18-6-13(25)3-4-15(18)16-7-19(24)17(8-20(16)26)22(30)29-14-5-12(9-27)21(28-10-14)11-1-2-11/h3-8,10-11H,1-2H2,(H,29,30). The topological polar surface area (TPSA) is 65.8 Å². The summed E-state index contributed by atoms with van der Waals surface area (Å²) in [6.07, 6.45) is 3.45. The number of carbonyl (C=O) groups is 1. The highest BCUT2D eigenvalue weighted by molar-refractivity contribution is 6.35. The van der Waals surface area contributed by atoms with Gasteiger partial charge in [0.2, 0.25) is 0 Å². The fourth-order valence-corrected chi connectivity index (χ4v) is 3.67. The van der Waals surface area contributed by atoms with Gasteiger partial charge < -0.3 is 5.32 Å². The number of benzene rings is 2. The van der Waals surface area contributed by atoms with Gasteiger partial charge in [0.15, 0.2) is 0 Å². The second-order valence-electron chi connectivity index (χ2n) is 6.93. The molecule has 0 spiro atoms. The summed E-state index contributed by atoms with van der Waals surface area (Å²) < 4.78 is 28.0. The van der Waals surface area contributed by atoms with Crippen LogP contribution in [0.1, 0.15) is 40.4 Å². The maximum absolute atomic E-state index is 14.7. The van der Waals surface area contributed by atoms with E-state index in [4.69, 9.17) is 23.2 Å². The third kappa shape index (κ3) is 4.00. The Morgan fingerprint density at radius 3 is 2.53 bits per heavy atom. The van der Waals surface area contributed by atoms with Gasteiger partial charge in [-0.2, -0.15) is 5.26 Å². The van der Waals surface area contributed by atoms with E-state index in [-0.39, 0.29) is 26.7 Å². The first-order valence-corrected chi connectivity index (χ1v) is 9.79. The normalized spacial score (nSPS) is 13.0. The fraction of sp³-hybridized carbons (Fsp3) is 0.136. The van der Waals surface area contributed by atoms with E-state index < -0.39 is 17.5 Å². The van der Waals surface area contributed by atoms with Gasteiger partial charge in [-0.05, 0) is 49.2 Å². The smallest absolute Gasteiger partial charge is 0.257 e. The van der Waals surface area contributed by atoms with Crippen molar-refractivity contribution in [1.82, 2.24) is 4.98 Å². The third-order valence-electron chi connectivity index (χ3n) is 4.78. The van der Waals surface area contributed by atoms with Gasteiger partial charge in [0.05, 0.1) is 38.8 Å². The Morgan fingerprint density at radius 2 is 1.87 bits per heavy atom. The molecule has 0 saturated heterocycles. The molecule has 0 aliphatic heterocycles. The number of nitrogens with zero attached hydrogens (tertiary/aromatic N) is 2. The van der Waals surface area contributed by atoms with Crippen LogP contribution in [0.5, 0.6) is 0 Å². The molecule has 0 atom stereocenters. The molecule has 1 aliphatic carbocycles. The van der Waals surface area contributed by atoms with Crippen LogP contribution >= 0.6 is 23.2 Å². The van der Waals surface area contributed by atoms with E-state index in [1.807, 2.05) is 0 Å². The van der Waals surface area contributed by atoms with Crippen LogP contribution in [0.4, 0.5) is 14.5 Å². The van der Waals surface area contributed by atoms with Crippen LogP contribution in [0.25, 0.3) is 11.1 Å². The first-order valence-electron chi connectivity index (χ1n) is 9.03. The van der Waals surface area contributed by atoms with E-state index in [0.717, 1.165) is 36.7 Å². The molecule has 0 unspecified atom stereocenters. The molecule has 0 radical (unpaired) electrons. The fourth-order valence-electron chi connectivity index (χ4n) is 3.15. The number of pyridine rings is 1. The van der Waals surface area contributed by atoms with Gasteiger partial charge in [0.25, 0.3) is 5.91 Å². The van der Waals surface area contributed by atoms with E-state index in [1.54, 1.807) is 0 Å². The van der Waals surface area contributed by atoms with Crippen molar-refractivity contribution in [3.8, 4) is 17.2 Å². The van der Waals surface area contributed by atoms with Crippen molar-refractivity contribution in [3.05, 3.63) is 81.1 Å². The maximum Gasteiger partial charge on any atom is 0.257 e. The number of amides is 1. The molecule has 8 heteroatoms. The van der Waals surface area contributed by atoms with Crippen LogP contribution in [-0.2, 0) is 0 Å². The molecule has 0 bridgehead atoms. The van der Waals surface area contributed by atoms with Crippen LogP contribution in [0, 0.1) is 23.0 Å². The number of nitrogens with one attached hydrogen (secondary N) is 1. The van der Waals surface area contributed by atoms with Crippen molar-refractivity contribution in [3.63, 3.8) is 0 Å². The van der Waals surface area contributed by atoms with Crippen molar-refractivity contribution in [2.75, 3.05) is 5.32 Å². The molecule has 1 aromatic heterocycles. The molecule has 4 rings (SSSR count). The molecule has 1 saturated carbocycles. The highest BCUT2D eigenvalue weighted by atomic mass is 35.5. The number of hydrogen-bond acceptors (Lipinski definition) is 3. The van der Waals surface area contributed by atoms with Crippen LogP contribution < -0.4 is 5.32 Å². The van der Waals surface area contributed by atoms with Crippen molar-refractivity contribution in [2.45, 2.75) is 18.8 Å². The summed E-state index contributed by atoms with van der Waals surface area (Å²) in [4.78, 5) is 16.9. The predicted octanol–water partition coefficient (Wildman–Crippen LogP) is 6.33. The van der Waals surface area contributed by atoms with Crippen molar-refractivity contribution in [1.29, 1.82) is 5.26 Å². The van der Waals surface area contributed by atoms with Gasteiger partial charge in [-0.3, -0.25) is 9.78 Å².